The van der Waals surface area contributed by atoms with E-state index in [4.69, 9.17) is 9.47 Å². The molecule has 0 bridgehead atoms. The Kier molecular flexibility index (Phi) is 4.71. The monoisotopic (exact) mass is 251 g/mol. The molecule has 0 radical (unpaired) electrons. The fourth-order valence-corrected chi connectivity index (χ4v) is 1.65. The fourth-order valence-electron chi connectivity index (χ4n) is 1.65. The zero-order chi connectivity index (χ0) is 13.7. The van der Waals surface area contributed by atoms with Crippen LogP contribution in [0.3, 0.4) is 0 Å². The summed E-state index contributed by atoms with van der Waals surface area (Å²) in [6, 6.07) is 6.62. The van der Waals surface area contributed by atoms with Crippen molar-refractivity contribution in [1.29, 1.82) is 0 Å². The number of carbonyl (C=O) groups is 2. The molecule has 0 saturated carbocycles. The molecule has 1 aromatic carbocycles. The molecule has 0 N–H and O–H groups in total. The standard InChI is InChI=1S/C13H17NO4/c1-9(2)14(13(16)18-4)11-8-6-5-7-10(11)12(15)17-3/h5-9H,1-4H3. The van der Waals surface area contributed by atoms with E-state index in [1.165, 1.54) is 19.1 Å². The van der Waals surface area contributed by atoms with Gasteiger partial charge in [-0.15, -0.1) is 0 Å². The Balaban J connectivity index is 3.28. The third-order valence-electron chi connectivity index (χ3n) is 2.46. The van der Waals surface area contributed by atoms with Gasteiger partial charge in [-0.1, -0.05) is 12.1 Å². The van der Waals surface area contributed by atoms with Gasteiger partial charge in [-0.05, 0) is 26.0 Å². The molecule has 0 saturated heterocycles. The molecule has 5 heteroatoms. The highest BCUT2D eigenvalue weighted by molar-refractivity contribution is 6.00. The maximum absolute atomic E-state index is 11.8. The molecule has 0 aromatic heterocycles. The summed E-state index contributed by atoms with van der Waals surface area (Å²) in [7, 11) is 2.61. The number of rotatable bonds is 3. The van der Waals surface area contributed by atoms with Crippen LogP contribution in [0.25, 0.3) is 0 Å². The first-order valence-corrected chi connectivity index (χ1v) is 5.57. The number of carbonyl (C=O) groups excluding carboxylic acids is 2. The maximum Gasteiger partial charge on any atom is 0.414 e. The third-order valence-corrected chi connectivity index (χ3v) is 2.46. The predicted molar refractivity (Wildman–Crippen MR) is 67.8 cm³/mol. The first-order valence-electron chi connectivity index (χ1n) is 5.57. The largest absolute Gasteiger partial charge is 0.465 e. The van der Waals surface area contributed by atoms with Crippen LogP contribution in [-0.4, -0.2) is 32.3 Å². The van der Waals surface area contributed by atoms with Gasteiger partial charge in [0, 0.05) is 6.04 Å². The predicted octanol–water partition coefficient (Wildman–Crippen LogP) is 2.45. The summed E-state index contributed by atoms with van der Waals surface area (Å²) in [6.07, 6.45) is -0.513. The summed E-state index contributed by atoms with van der Waals surface area (Å²) in [4.78, 5) is 24.8. The zero-order valence-corrected chi connectivity index (χ0v) is 11.0. The molecule has 0 aliphatic rings. The normalized spacial score (nSPS) is 10.1. The molecule has 1 rings (SSSR count). The second-order valence-electron chi connectivity index (χ2n) is 3.94. The van der Waals surface area contributed by atoms with E-state index in [-0.39, 0.29) is 6.04 Å². The van der Waals surface area contributed by atoms with Crippen molar-refractivity contribution in [2.45, 2.75) is 19.9 Å². The first kappa shape index (κ1) is 14.0. The Hall–Kier alpha value is -2.04. The minimum Gasteiger partial charge on any atom is -0.465 e. The van der Waals surface area contributed by atoms with E-state index in [0.29, 0.717) is 11.3 Å². The number of benzene rings is 1. The Morgan fingerprint density at radius 1 is 1.11 bits per heavy atom. The van der Waals surface area contributed by atoms with E-state index >= 15 is 0 Å². The van der Waals surface area contributed by atoms with Crippen LogP contribution in [0.4, 0.5) is 10.5 Å². The zero-order valence-electron chi connectivity index (χ0n) is 11.0. The Bertz CT molecular complexity index is 442. The maximum atomic E-state index is 11.8. The molecule has 98 valence electrons. The van der Waals surface area contributed by atoms with E-state index in [0.717, 1.165) is 0 Å². The molecule has 18 heavy (non-hydrogen) atoms. The minimum absolute atomic E-state index is 0.136. The molecule has 0 spiro atoms. The van der Waals surface area contributed by atoms with E-state index in [1.807, 2.05) is 13.8 Å². The summed E-state index contributed by atoms with van der Waals surface area (Å²) in [6.45, 7) is 3.68. The van der Waals surface area contributed by atoms with Crippen LogP contribution in [0.2, 0.25) is 0 Å². The van der Waals surface area contributed by atoms with Gasteiger partial charge in [0.05, 0.1) is 25.5 Å². The second-order valence-corrected chi connectivity index (χ2v) is 3.94. The van der Waals surface area contributed by atoms with Crippen LogP contribution in [0.1, 0.15) is 24.2 Å². The average Bonchev–Trinajstić information content (AvgIpc) is 2.38. The lowest BCUT2D eigenvalue weighted by Crippen LogP contribution is -2.38. The van der Waals surface area contributed by atoms with Crippen molar-refractivity contribution in [2.75, 3.05) is 19.1 Å². The van der Waals surface area contributed by atoms with E-state index in [9.17, 15) is 9.59 Å². The van der Waals surface area contributed by atoms with Crippen LogP contribution in [0.15, 0.2) is 24.3 Å². The van der Waals surface area contributed by atoms with Crippen molar-refractivity contribution in [1.82, 2.24) is 0 Å². The van der Waals surface area contributed by atoms with E-state index < -0.39 is 12.1 Å². The SMILES string of the molecule is COC(=O)c1ccccc1N(C(=O)OC)C(C)C. The van der Waals surface area contributed by atoms with Gasteiger partial charge in [0.15, 0.2) is 0 Å². The van der Waals surface area contributed by atoms with Crippen molar-refractivity contribution in [3.8, 4) is 0 Å². The summed E-state index contributed by atoms with van der Waals surface area (Å²) >= 11 is 0. The molecule has 1 aromatic rings. The number of nitrogens with zero attached hydrogens (tertiary/aromatic N) is 1. The molecule has 0 atom stereocenters. The van der Waals surface area contributed by atoms with E-state index in [2.05, 4.69) is 0 Å². The lowest BCUT2D eigenvalue weighted by atomic mass is 10.1. The number of hydrogen-bond acceptors (Lipinski definition) is 4. The topological polar surface area (TPSA) is 55.8 Å². The first-order chi connectivity index (χ1) is 8.52. The molecule has 0 aliphatic heterocycles. The summed E-state index contributed by atoms with van der Waals surface area (Å²) in [5, 5.41) is 0. The number of amides is 1. The number of ether oxygens (including phenoxy) is 2. The molecule has 0 unspecified atom stereocenters. The summed E-state index contributed by atoms with van der Waals surface area (Å²) in [5.41, 5.74) is 0.810. The van der Waals surface area contributed by atoms with Crippen LogP contribution in [-0.2, 0) is 9.47 Å². The lowest BCUT2D eigenvalue weighted by Gasteiger charge is -2.26. The van der Waals surface area contributed by atoms with Gasteiger partial charge in [0.1, 0.15) is 0 Å². The fraction of sp³-hybridized carbons (Fsp3) is 0.385. The number of hydrogen-bond donors (Lipinski definition) is 0. The van der Waals surface area contributed by atoms with Crippen molar-refractivity contribution in [3.05, 3.63) is 29.8 Å². The van der Waals surface area contributed by atoms with Crippen molar-refractivity contribution >= 4 is 17.7 Å². The van der Waals surface area contributed by atoms with Crippen LogP contribution < -0.4 is 4.90 Å². The van der Waals surface area contributed by atoms with Gasteiger partial charge in [0.2, 0.25) is 0 Å². The molecule has 1 amide bonds. The van der Waals surface area contributed by atoms with Gasteiger partial charge in [0.25, 0.3) is 0 Å². The van der Waals surface area contributed by atoms with Gasteiger partial charge < -0.3 is 9.47 Å². The highest BCUT2D eigenvalue weighted by Gasteiger charge is 2.24. The van der Waals surface area contributed by atoms with Gasteiger partial charge >= 0.3 is 12.1 Å². The quantitative estimate of drug-likeness (QED) is 0.774. The highest BCUT2D eigenvalue weighted by Crippen LogP contribution is 2.24. The van der Waals surface area contributed by atoms with Gasteiger partial charge in [-0.2, -0.15) is 0 Å². The smallest absolute Gasteiger partial charge is 0.414 e. The summed E-state index contributed by atoms with van der Waals surface area (Å²) in [5.74, 6) is -0.486. The third kappa shape index (κ3) is 2.80. The molecular weight excluding hydrogens is 234 g/mol. The Labute approximate surface area is 106 Å². The summed E-state index contributed by atoms with van der Waals surface area (Å²) < 4.78 is 9.43. The molecule has 0 aliphatic carbocycles. The number of anilines is 1. The average molecular weight is 251 g/mol. The Morgan fingerprint density at radius 2 is 1.72 bits per heavy atom. The molecule has 0 heterocycles. The molecule has 5 nitrogen and oxygen atoms in total. The molecular formula is C13H17NO4. The van der Waals surface area contributed by atoms with Crippen molar-refractivity contribution in [3.63, 3.8) is 0 Å². The van der Waals surface area contributed by atoms with Crippen molar-refractivity contribution < 1.29 is 19.1 Å². The minimum atomic E-state index is -0.513. The second kappa shape index (κ2) is 6.05. The Morgan fingerprint density at radius 3 is 2.22 bits per heavy atom. The van der Waals surface area contributed by atoms with Crippen LogP contribution in [0.5, 0.6) is 0 Å². The number of esters is 1. The highest BCUT2D eigenvalue weighted by atomic mass is 16.5. The number of para-hydroxylation sites is 1. The van der Waals surface area contributed by atoms with E-state index in [1.54, 1.807) is 24.3 Å². The van der Waals surface area contributed by atoms with Gasteiger partial charge in [-0.25, -0.2) is 9.59 Å². The molecule has 0 fully saturated rings. The van der Waals surface area contributed by atoms with Crippen LogP contribution in [0, 0.1) is 0 Å². The van der Waals surface area contributed by atoms with Crippen LogP contribution >= 0.6 is 0 Å². The van der Waals surface area contributed by atoms with Crippen molar-refractivity contribution in [2.24, 2.45) is 0 Å². The number of methoxy groups -OCH3 is 2. The lowest BCUT2D eigenvalue weighted by molar-refractivity contribution is 0.0601. The van der Waals surface area contributed by atoms with Gasteiger partial charge in [-0.3, -0.25) is 4.90 Å².